The van der Waals surface area contributed by atoms with Crippen molar-refractivity contribution in [3.63, 3.8) is 0 Å². The number of pyridine rings is 2. The largest absolute Gasteiger partial charge is 0.345 e. The highest BCUT2D eigenvalue weighted by atomic mass is 16.2. The molecule has 0 radical (unpaired) electrons. The number of carbonyl (C=O) groups excluding carboxylic acids is 1. The van der Waals surface area contributed by atoms with Crippen LogP contribution in [-0.2, 0) is 13.1 Å². The molecular weight excluding hydrogens is 302 g/mol. The SMILES string of the molecule is CCn1c(C(=O)NCc2ccccn2)cc2ccc(C)cc2c1=O. The maximum Gasteiger partial charge on any atom is 0.268 e. The molecule has 0 unspecified atom stereocenters. The number of hydrogen-bond acceptors (Lipinski definition) is 3. The molecule has 1 amide bonds. The monoisotopic (exact) mass is 321 g/mol. The summed E-state index contributed by atoms with van der Waals surface area (Å²) in [5.74, 6) is -0.276. The summed E-state index contributed by atoms with van der Waals surface area (Å²) in [6, 6.07) is 13.0. The molecule has 2 heterocycles. The highest BCUT2D eigenvalue weighted by molar-refractivity contribution is 5.96. The van der Waals surface area contributed by atoms with Gasteiger partial charge in [0.1, 0.15) is 5.69 Å². The Morgan fingerprint density at radius 3 is 2.75 bits per heavy atom. The number of fused-ring (bicyclic) bond motifs is 1. The van der Waals surface area contributed by atoms with E-state index >= 15 is 0 Å². The van der Waals surface area contributed by atoms with Crippen molar-refractivity contribution in [1.82, 2.24) is 14.9 Å². The average Bonchev–Trinajstić information content (AvgIpc) is 2.61. The van der Waals surface area contributed by atoms with Gasteiger partial charge in [-0.05, 0) is 43.5 Å². The summed E-state index contributed by atoms with van der Waals surface area (Å²) >= 11 is 0. The molecule has 0 fully saturated rings. The molecule has 0 saturated carbocycles. The molecule has 3 rings (SSSR count). The number of nitrogens with one attached hydrogen (secondary N) is 1. The zero-order valence-electron chi connectivity index (χ0n) is 13.7. The van der Waals surface area contributed by atoms with Gasteiger partial charge in [0.2, 0.25) is 0 Å². The Hall–Kier alpha value is -2.95. The number of hydrogen-bond donors (Lipinski definition) is 1. The predicted molar refractivity (Wildman–Crippen MR) is 94.0 cm³/mol. The van der Waals surface area contributed by atoms with Crippen LogP contribution in [0, 0.1) is 6.92 Å². The minimum absolute atomic E-state index is 0.137. The van der Waals surface area contributed by atoms with Gasteiger partial charge in [-0.2, -0.15) is 0 Å². The van der Waals surface area contributed by atoms with Crippen LogP contribution in [0.1, 0.15) is 28.7 Å². The van der Waals surface area contributed by atoms with Crippen molar-refractivity contribution in [3.8, 4) is 0 Å². The van der Waals surface area contributed by atoms with Crippen molar-refractivity contribution in [2.24, 2.45) is 0 Å². The summed E-state index contributed by atoms with van der Waals surface area (Å²) in [5.41, 5.74) is 2.03. The predicted octanol–water partition coefficient (Wildman–Crippen LogP) is 2.65. The molecule has 0 aliphatic rings. The molecule has 2 aromatic heterocycles. The van der Waals surface area contributed by atoms with Crippen molar-refractivity contribution in [2.45, 2.75) is 26.9 Å². The van der Waals surface area contributed by atoms with Crippen LogP contribution in [-0.4, -0.2) is 15.5 Å². The van der Waals surface area contributed by atoms with E-state index in [1.54, 1.807) is 12.3 Å². The first kappa shape index (κ1) is 15.9. The molecule has 1 aromatic carbocycles. The Balaban J connectivity index is 1.97. The van der Waals surface area contributed by atoms with Crippen LogP contribution in [0.15, 0.2) is 53.5 Å². The molecule has 0 atom stereocenters. The normalized spacial score (nSPS) is 10.8. The average molecular weight is 321 g/mol. The van der Waals surface area contributed by atoms with Gasteiger partial charge in [-0.1, -0.05) is 23.8 Å². The van der Waals surface area contributed by atoms with Crippen molar-refractivity contribution in [1.29, 1.82) is 0 Å². The molecule has 24 heavy (non-hydrogen) atoms. The number of aromatic nitrogens is 2. The third kappa shape index (κ3) is 3.06. The van der Waals surface area contributed by atoms with Crippen LogP contribution in [0.3, 0.4) is 0 Å². The van der Waals surface area contributed by atoms with Crippen molar-refractivity contribution in [3.05, 3.63) is 76.0 Å². The van der Waals surface area contributed by atoms with E-state index in [0.29, 0.717) is 24.2 Å². The smallest absolute Gasteiger partial charge is 0.268 e. The molecule has 1 N–H and O–H groups in total. The minimum Gasteiger partial charge on any atom is -0.345 e. The molecule has 122 valence electrons. The van der Waals surface area contributed by atoms with Crippen LogP contribution >= 0.6 is 0 Å². The first-order valence-electron chi connectivity index (χ1n) is 7.92. The number of rotatable bonds is 4. The Bertz CT molecular complexity index is 946. The van der Waals surface area contributed by atoms with Crippen molar-refractivity contribution < 1.29 is 4.79 Å². The highest BCUT2D eigenvalue weighted by Crippen LogP contribution is 2.14. The van der Waals surface area contributed by atoms with E-state index in [9.17, 15) is 9.59 Å². The number of aryl methyl sites for hydroxylation is 1. The van der Waals surface area contributed by atoms with E-state index < -0.39 is 0 Å². The maximum atomic E-state index is 12.7. The summed E-state index contributed by atoms with van der Waals surface area (Å²) in [6.07, 6.45) is 1.68. The van der Waals surface area contributed by atoms with Crippen molar-refractivity contribution in [2.75, 3.05) is 0 Å². The molecule has 5 nitrogen and oxygen atoms in total. The van der Waals surface area contributed by atoms with Gasteiger partial charge in [0.25, 0.3) is 11.5 Å². The lowest BCUT2D eigenvalue weighted by Crippen LogP contribution is -2.32. The second kappa shape index (κ2) is 6.66. The van der Waals surface area contributed by atoms with Gasteiger partial charge in [-0.15, -0.1) is 0 Å². The van der Waals surface area contributed by atoms with Crippen LogP contribution in [0.4, 0.5) is 0 Å². The third-order valence-electron chi connectivity index (χ3n) is 3.97. The summed E-state index contributed by atoms with van der Waals surface area (Å²) in [7, 11) is 0. The van der Waals surface area contributed by atoms with Gasteiger partial charge in [-0.3, -0.25) is 14.6 Å². The second-order valence-electron chi connectivity index (χ2n) is 5.67. The second-order valence-corrected chi connectivity index (χ2v) is 5.67. The fourth-order valence-corrected chi connectivity index (χ4v) is 2.73. The quantitative estimate of drug-likeness (QED) is 0.803. The minimum atomic E-state index is -0.276. The highest BCUT2D eigenvalue weighted by Gasteiger charge is 2.14. The number of amides is 1. The Kier molecular flexibility index (Phi) is 4.42. The van der Waals surface area contributed by atoms with E-state index in [2.05, 4.69) is 10.3 Å². The Morgan fingerprint density at radius 2 is 2.04 bits per heavy atom. The molecule has 0 saturated heterocycles. The van der Waals surface area contributed by atoms with Gasteiger partial charge in [-0.25, -0.2) is 0 Å². The van der Waals surface area contributed by atoms with Gasteiger partial charge >= 0.3 is 0 Å². The molecule has 0 aliphatic heterocycles. The summed E-state index contributed by atoms with van der Waals surface area (Å²) < 4.78 is 1.51. The lowest BCUT2D eigenvalue weighted by molar-refractivity contribution is 0.0940. The number of nitrogens with zero attached hydrogens (tertiary/aromatic N) is 2. The third-order valence-corrected chi connectivity index (χ3v) is 3.97. The first-order valence-corrected chi connectivity index (χ1v) is 7.92. The van der Waals surface area contributed by atoms with Crippen LogP contribution < -0.4 is 10.9 Å². The topological polar surface area (TPSA) is 64.0 Å². The van der Waals surface area contributed by atoms with Crippen LogP contribution in [0.25, 0.3) is 10.8 Å². The number of benzene rings is 1. The van der Waals surface area contributed by atoms with E-state index in [0.717, 1.165) is 16.6 Å². The molecule has 0 spiro atoms. The standard InChI is InChI=1S/C19H19N3O2/c1-3-22-17(18(23)21-12-15-6-4-5-9-20-15)11-14-8-7-13(2)10-16(14)19(22)24/h4-11H,3,12H2,1-2H3,(H,21,23). The fourth-order valence-electron chi connectivity index (χ4n) is 2.73. The molecule has 3 aromatic rings. The first-order chi connectivity index (χ1) is 11.6. The molecular formula is C19H19N3O2. The van der Waals surface area contributed by atoms with E-state index in [1.807, 2.05) is 50.2 Å². The van der Waals surface area contributed by atoms with E-state index in [4.69, 9.17) is 0 Å². The van der Waals surface area contributed by atoms with Crippen molar-refractivity contribution >= 4 is 16.7 Å². The number of carbonyl (C=O) groups is 1. The van der Waals surface area contributed by atoms with Gasteiger partial charge in [0.05, 0.1) is 12.2 Å². The Morgan fingerprint density at radius 1 is 1.21 bits per heavy atom. The molecule has 0 bridgehead atoms. The summed E-state index contributed by atoms with van der Waals surface area (Å²) in [5, 5.41) is 4.25. The molecule has 5 heteroatoms. The van der Waals surface area contributed by atoms with E-state index in [-0.39, 0.29) is 11.5 Å². The zero-order chi connectivity index (χ0) is 17.1. The van der Waals surface area contributed by atoms with Crippen LogP contribution in [0.2, 0.25) is 0 Å². The molecule has 0 aliphatic carbocycles. The summed E-state index contributed by atoms with van der Waals surface area (Å²) in [6.45, 7) is 4.57. The maximum absolute atomic E-state index is 12.7. The summed E-state index contributed by atoms with van der Waals surface area (Å²) in [4.78, 5) is 29.4. The fraction of sp³-hybridized carbons (Fsp3) is 0.211. The zero-order valence-corrected chi connectivity index (χ0v) is 13.7. The van der Waals surface area contributed by atoms with Crippen LogP contribution in [0.5, 0.6) is 0 Å². The van der Waals surface area contributed by atoms with E-state index in [1.165, 1.54) is 4.57 Å². The lowest BCUT2D eigenvalue weighted by Gasteiger charge is -2.13. The van der Waals surface area contributed by atoms with Gasteiger partial charge < -0.3 is 9.88 Å². The lowest BCUT2D eigenvalue weighted by atomic mass is 10.1. The van der Waals surface area contributed by atoms with Gasteiger partial charge in [0.15, 0.2) is 0 Å². The van der Waals surface area contributed by atoms with Gasteiger partial charge in [0, 0.05) is 18.1 Å². The Labute approximate surface area is 140 Å².